The number of aromatic nitrogens is 3. The molecule has 6 N–H and O–H groups in total. The largest absolute Gasteiger partial charge is 0.505 e. The molecule has 0 saturated carbocycles. The maximum Gasteiger partial charge on any atom is 0.425 e. The van der Waals surface area contributed by atoms with E-state index >= 15 is 0 Å². The number of esters is 1. The minimum atomic E-state index is -4.83. The topological polar surface area (TPSA) is 348 Å². The molecule has 22 nitrogen and oxygen atoms in total. The van der Waals surface area contributed by atoms with E-state index in [1.54, 1.807) is 24.3 Å². The zero-order valence-corrected chi connectivity index (χ0v) is 33.9. The van der Waals surface area contributed by atoms with Crippen LogP contribution in [0.25, 0.3) is 21.5 Å². The fraction of sp³-hybridized carbons (Fsp3) is 0.0857. The number of rotatable bonds is 14. The lowest BCUT2D eigenvalue weighted by Crippen LogP contribution is -2.16. The molecule has 0 amide bonds. The van der Waals surface area contributed by atoms with E-state index in [2.05, 4.69) is 42.4 Å². The van der Waals surface area contributed by atoms with Crippen molar-refractivity contribution in [1.82, 2.24) is 15.0 Å². The van der Waals surface area contributed by atoms with E-state index in [9.17, 15) is 48.8 Å². The normalized spacial score (nSPS) is 11.8. The minimum absolute atomic E-state index is 0.0123. The molecular weight excluding hydrogens is 887 g/mol. The molecule has 0 bridgehead atoms. The highest BCUT2D eigenvalue weighted by Crippen LogP contribution is 2.42. The molecule has 0 unspecified atom stereocenters. The number of carbonyl (C=O) groups is 1. The molecule has 0 radical (unpaired) electrons. The molecule has 0 aliphatic carbocycles. The van der Waals surface area contributed by atoms with Gasteiger partial charge >= 0.3 is 16.6 Å². The van der Waals surface area contributed by atoms with Gasteiger partial charge in [0.1, 0.15) is 28.7 Å². The molecule has 318 valence electrons. The van der Waals surface area contributed by atoms with E-state index < -0.39 is 62.5 Å². The molecule has 6 rings (SSSR count). The third-order valence-corrected chi connectivity index (χ3v) is 10.7. The average molecular weight is 916 g/mol. The van der Waals surface area contributed by atoms with Crippen molar-refractivity contribution in [2.75, 3.05) is 23.8 Å². The van der Waals surface area contributed by atoms with Gasteiger partial charge in [-0.15, -0.1) is 22.9 Å². The van der Waals surface area contributed by atoms with E-state index in [1.807, 2.05) is 0 Å². The number of phenols is 1. The number of aromatic hydroxyl groups is 1. The summed E-state index contributed by atoms with van der Waals surface area (Å²) in [6, 6.07) is 19.1. The monoisotopic (exact) mass is 915 g/mol. The molecule has 1 heterocycles. The van der Waals surface area contributed by atoms with Gasteiger partial charge in [-0.3, -0.25) is 13.7 Å². The van der Waals surface area contributed by atoms with Gasteiger partial charge in [0.25, 0.3) is 30.4 Å². The number of hydrogen-bond acceptors (Lipinski definition) is 19. The van der Waals surface area contributed by atoms with E-state index in [0.717, 1.165) is 18.2 Å². The fourth-order valence-electron chi connectivity index (χ4n) is 5.52. The summed E-state index contributed by atoms with van der Waals surface area (Å²) in [5.74, 6) is -1.47. The molecule has 1 aromatic heterocycles. The summed E-state index contributed by atoms with van der Waals surface area (Å²) in [5.41, 5.74) is -0.138. The third-order valence-electron chi connectivity index (χ3n) is 8.03. The minimum Gasteiger partial charge on any atom is -0.505 e. The summed E-state index contributed by atoms with van der Waals surface area (Å²) < 4.78 is 132. The first-order valence-electron chi connectivity index (χ1n) is 16.7. The highest BCUT2D eigenvalue weighted by Gasteiger charge is 2.22. The summed E-state index contributed by atoms with van der Waals surface area (Å²) >= 11 is 0. The lowest BCUT2D eigenvalue weighted by atomic mass is 10.1. The van der Waals surface area contributed by atoms with Crippen LogP contribution in [-0.4, -0.2) is 90.7 Å². The average Bonchev–Trinajstić information content (AvgIpc) is 3.17. The van der Waals surface area contributed by atoms with Crippen molar-refractivity contribution >= 4 is 97.4 Å². The number of hydrogen-bond donors (Lipinski definition) is 6. The smallest absolute Gasteiger partial charge is 0.425 e. The van der Waals surface area contributed by atoms with Crippen LogP contribution < -0.4 is 10.6 Å². The summed E-state index contributed by atoms with van der Waals surface area (Å²) in [6.45, 7) is 3.21. The Labute approximate surface area is 347 Å². The number of ether oxygens (including phenoxy) is 1. The van der Waals surface area contributed by atoms with Gasteiger partial charge in [-0.2, -0.15) is 40.2 Å². The summed E-state index contributed by atoms with van der Waals surface area (Å²) in [7, 11) is -17.2. The number of anilines is 3. The van der Waals surface area contributed by atoms with Crippen molar-refractivity contribution in [2.24, 2.45) is 10.2 Å². The molecule has 6 aromatic rings. The second kappa shape index (κ2) is 18.6. The lowest BCUT2D eigenvalue weighted by molar-refractivity contribution is -0.137. The number of fused-ring (bicyclic) bond motifs is 2. The first-order valence-corrected chi connectivity index (χ1v) is 22.0. The van der Waals surface area contributed by atoms with Gasteiger partial charge in [0, 0.05) is 23.3 Å². The molecule has 0 atom stereocenters. The van der Waals surface area contributed by atoms with Crippen LogP contribution in [0.1, 0.15) is 11.4 Å². The molecular formula is C35H29N7O15S4. The predicted octanol–water partition coefficient (Wildman–Crippen LogP) is 4.51. The molecule has 61 heavy (non-hydrogen) atoms. The Hall–Kier alpha value is -6.81. The van der Waals surface area contributed by atoms with Crippen LogP contribution in [-0.2, 0) is 56.9 Å². The van der Waals surface area contributed by atoms with Crippen LogP contribution in [0, 0.1) is 0 Å². The first-order chi connectivity index (χ1) is 28.6. The molecule has 0 aliphatic rings. The van der Waals surface area contributed by atoms with Crippen molar-refractivity contribution in [1.29, 1.82) is 0 Å². The fourth-order valence-corrected chi connectivity index (χ4v) is 7.37. The SMILES string of the molecule is C=CC(=O)OCCNc1nc(Cc2ccc(S(=O)(=O)O)cc2)nc(Nc2cc(S(=O)(=O)O)cc3ccc(N=Nc4ccc5ccccc5c4S(=O)(=O)O)c(O)c23)n1.O=S(=O)=O. The number of phenolic OH excluding ortho intramolecular Hbond substituents is 1. The van der Waals surface area contributed by atoms with E-state index in [1.165, 1.54) is 48.5 Å². The summed E-state index contributed by atoms with van der Waals surface area (Å²) in [4.78, 5) is 23.1. The Bertz CT molecular complexity index is 3180. The maximum atomic E-state index is 12.4. The number of nitrogens with zero attached hydrogens (tertiary/aromatic N) is 5. The summed E-state index contributed by atoms with van der Waals surface area (Å²) in [6.07, 6.45) is 0.953. The Morgan fingerprint density at radius 1 is 0.754 bits per heavy atom. The predicted molar refractivity (Wildman–Crippen MR) is 215 cm³/mol. The third kappa shape index (κ3) is 11.9. The van der Waals surface area contributed by atoms with Gasteiger partial charge in [-0.25, -0.2) is 4.79 Å². The lowest BCUT2D eigenvalue weighted by Gasteiger charge is -2.14. The van der Waals surface area contributed by atoms with Gasteiger partial charge in [0.15, 0.2) is 5.75 Å². The van der Waals surface area contributed by atoms with Crippen LogP contribution >= 0.6 is 0 Å². The van der Waals surface area contributed by atoms with Gasteiger partial charge in [-0.1, -0.05) is 55.1 Å². The number of benzene rings is 5. The van der Waals surface area contributed by atoms with E-state index in [0.29, 0.717) is 10.9 Å². The standard InChI is InChI=1S/C35H29N7O12S3.O3S/c1-2-30(43)54-16-15-36-34-38-29(17-20-7-11-23(12-8-20)55(45,46)47)39-35(40-34)37-28-19-24(56(48,49)50)18-22-10-13-26(32(44)31(22)28)41-42-27-14-9-21-5-3-4-6-25(21)33(27)57(51,52)53;1-4(2)3/h2-14,18-19,44H,1,15-17H2,(H,45,46,47)(H,48,49,50)(H,51,52,53)(H2,36,37,38,39,40);. The molecule has 0 spiro atoms. The van der Waals surface area contributed by atoms with Gasteiger partial charge in [0.05, 0.1) is 22.0 Å². The first kappa shape index (κ1) is 45.3. The zero-order valence-electron chi connectivity index (χ0n) is 30.6. The van der Waals surface area contributed by atoms with Crippen LogP contribution in [0.2, 0.25) is 0 Å². The van der Waals surface area contributed by atoms with Crippen LogP contribution in [0.15, 0.2) is 122 Å². The van der Waals surface area contributed by atoms with Crippen molar-refractivity contribution in [3.63, 3.8) is 0 Å². The van der Waals surface area contributed by atoms with Crippen molar-refractivity contribution in [3.8, 4) is 5.75 Å². The highest BCUT2D eigenvalue weighted by molar-refractivity contribution is 7.86. The Morgan fingerprint density at radius 3 is 2.00 bits per heavy atom. The van der Waals surface area contributed by atoms with Crippen LogP contribution in [0.5, 0.6) is 5.75 Å². The Balaban J connectivity index is 0.00000168. The van der Waals surface area contributed by atoms with E-state index in [4.69, 9.17) is 17.4 Å². The second-order valence-corrected chi connectivity index (χ2v) is 16.7. The van der Waals surface area contributed by atoms with Gasteiger partial charge in [0.2, 0.25) is 11.9 Å². The number of nitrogens with one attached hydrogen (secondary N) is 2. The Morgan fingerprint density at radius 2 is 1.36 bits per heavy atom. The number of carbonyl (C=O) groups excluding carboxylic acids is 1. The molecule has 5 aromatic carbocycles. The quantitative estimate of drug-likeness (QED) is 0.0288. The van der Waals surface area contributed by atoms with Gasteiger partial charge in [-0.05, 0) is 52.7 Å². The molecule has 0 fully saturated rings. The summed E-state index contributed by atoms with van der Waals surface area (Å²) in [5, 5.41) is 25.9. The van der Waals surface area contributed by atoms with Crippen molar-refractivity contribution in [2.45, 2.75) is 21.1 Å². The molecule has 26 heteroatoms. The van der Waals surface area contributed by atoms with Crippen LogP contribution in [0.3, 0.4) is 0 Å². The van der Waals surface area contributed by atoms with E-state index in [-0.39, 0.29) is 75.4 Å². The molecule has 0 aliphatic heterocycles. The highest BCUT2D eigenvalue weighted by atomic mass is 32.2. The van der Waals surface area contributed by atoms with Crippen molar-refractivity contribution in [3.05, 3.63) is 109 Å². The van der Waals surface area contributed by atoms with Crippen LogP contribution in [0.4, 0.5) is 29.0 Å². The Kier molecular flexibility index (Phi) is 13.8. The van der Waals surface area contributed by atoms with Crippen molar-refractivity contribution < 1.29 is 66.2 Å². The molecule has 0 saturated heterocycles. The zero-order chi connectivity index (χ0) is 44.7. The maximum absolute atomic E-state index is 12.4. The number of azo groups is 1. The van der Waals surface area contributed by atoms with Gasteiger partial charge < -0.3 is 20.5 Å². The second-order valence-electron chi connectivity index (χ2n) is 12.1.